The van der Waals surface area contributed by atoms with Crippen molar-refractivity contribution >= 4 is 15.9 Å². The maximum absolute atomic E-state index is 10.5. The van der Waals surface area contributed by atoms with Gasteiger partial charge in [-0.2, -0.15) is 0 Å². The van der Waals surface area contributed by atoms with Crippen molar-refractivity contribution in [1.82, 2.24) is 10.3 Å². The molecule has 0 atom stereocenters. The lowest BCUT2D eigenvalue weighted by Crippen LogP contribution is -2.40. The van der Waals surface area contributed by atoms with Crippen LogP contribution >= 0.6 is 15.9 Å². The van der Waals surface area contributed by atoms with E-state index < -0.39 is 5.60 Å². The average Bonchev–Trinajstić information content (AvgIpc) is 2.55. The van der Waals surface area contributed by atoms with E-state index in [0.717, 1.165) is 36.0 Å². The summed E-state index contributed by atoms with van der Waals surface area (Å²) in [5, 5.41) is 13.8. The fourth-order valence-electron chi connectivity index (χ4n) is 2.54. The molecule has 0 spiro atoms. The highest BCUT2D eigenvalue weighted by molar-refractivity contribution is 9.10. The van der Waals surface area contributed by atoms with Gasteiger partial charge in [-0.1, -0.05) is 31.7 Å². The lowest BCUT2D eigenvalue weighted by atomic mass is 9.94. The Labute approximate surface area is 117 Å². The standard InChI is InChI=1S/C14H21BrN2O/c15-13-7-5-6-12(17-13)10-16-11-14(18)8-3-1-2-4-9-14/h5-7,16,18H,1-4,8-11H2. The third-order valence-corrected chi connectivity index (χ3v) is 4.01. The van der Waals surface area contributed by atoms with Crippen molar-refractivity contribution in [2.75, 3.05) is 6.54 Å². The van der Waals surface area contributed by atoms with Gasteiger partial charge < -0.3 is 10.4 Å². The van der Waals surface area contributed by atoms with Gasteiger partial charge in [0.2, 0.25) is 0 Å². The van der Waals surface area contributed by atoms with E-state index in [0.29, 0.717) is 13.1 Å². The second kappa shape index (κ2) is 6.64. The molecule has 0 saturated heterocycles. The molecular weight excluding hydrogens is 292 g/mol. The highest BCUT2D eigenvalue weighted by Crippen LogP contribution is 2.26. The summed E-state index contributed by atoms with van der Waals surface area (Å²) in [5.74, 6) is 0. The largest absolute Gasteiger partial charge is 0.389 e. The van der Waals surface area contributed by atoms with Crippen LogP contribution < -0.4 is 5.32 Å². The van der Waals surface area contributed by atoms with Crippen LogP contribution in [0, 0.1) is 0 Å². The zero-order valence-corrected chi connectivity index (χ0v) is 12.2. The van der Waals surface area contributed by atoms with Gasteiger partial charge in [-0.3, -0.25) is 0 Å². The topological polar surface area (TPSA) is 45.1 Å². The minimum atomic E-state index is -0.511. The van der Waals surface area contributed by atoms with E-state index in [9.17, 15) is 5.11 Å². The molecule has 100 valence electrons. The Morgan fingerprint density at radius 3 is 2.61 bits per heavy atom. The lowest BCUT2D eigenvalue weighted by Gasteiger charge is -2.26. The van der Waals surface area contributed by atoms with Gasteiger partial charge in [0.1, 0.15) is 4.60 Å². The molecule has 1 aromatic heterocycles. The Morgan fingerprint density at radius 2 is 1.94 bits per heavy atom. The molecule has 0 unspecified atom stereocenters. The number of nitrogens with zero attached hydrogens (tertiary/aromatic N) is 1. The Kier molecular flexibility index (Phi) is 5.15. The molecular formula is C14H21BrN2O. The predicted molar refractivity (Wildman–Crippen MR) is 76.3 cm³/mol. The maximum Gasteiger partial charge on any atom is 0.106 e. The molecule has 18 heavy (non-hydrogen) atoms. The first-order chi connectivity index (χ1) is 8.68. The number of nitrogens with one attached hydrogen (secondary N) is 1. The number of hydrogen-bond donors (Lipinski definition) is 2. The predicted octanol–water partition coefficient (Wildman–Crippen LogP) is 3.02. The first-order valence-corrected chi connectivity index (χ1v) is 7.52. The third-order valence-electron chi connectivity index (χ3n) is 3.57. The van der Waals surface area contributed by atoms with Gasteiger partial charge >= 0.3 is 0 Å². The van der Waals surface area contributed by atoms with Crippen molar-refractivity contribution < 1.29 is 5.11 Å². The summed E-state index contributed by atoms with van der Waals surface area (Å²) >= 11 is 3.36. The Balaban J connectivity index is 1.80. The van der Waals surface area contributed by atoms with Crippen molar-refractivity contribution in [3.05, 3.63) is 28.5 Å². The maximum atomic E-state index is 10.5. The number of aliphatic hydroxyl groups is 1. The summed E-state index contributed by atoms with van der Waals surface area (Å²) in [6, 6.07) is 5.89. The van der Waals surface area contributed by atoms with Gasteiger partial charge in [0, 0.05) is 13.1 Å². The van der Waals surface area contributed by atoms with E-state index >= 15 is 0 Å². The van der Waals surface area contributed by atoms with Crippen LogP contribution in [0.5, 0.6) is 0 Å². The van der Waals surface area contributed by atoms with Crippen LogP contribution in [0.25, 0.3) is 0 Å². The van der Waals surface area contributed by atoms with Gasteiger partial charge in [0.25, 0.3) is 0 Å². The molecule has 1 heterocycles. The zero-order valence-electron chi connectivity index (χ0n) is 10.7. The second-order valence-corrected chi connectivity index (χ2v) is 6.01. The highest BCUT2D eigenvalue weighted by atomic mass is 79.9. The summed E-state index contributed by atoms with van der Waals surface area (Å²) in [4.78, 5) is 4.37. The third kappa shape index (κ3) is 4.34. The van der Waals surface area contributed by atoms with Crippen molar-refractivity contribution in [3.63, 3.8) is 0 Å². The number of aromatic nitrogens is 1. The quantitative estimate of drug-likeness (QED) is 0.663. The fourth-order valence-corrected chi connectivity index (χ4v) is 2.92. The van der Waals surface area contributed by atoms with Crippen LogP contribution in [0.15, 0.2) is 22.8 Å². The van der Waals surface area contributed by atoms with Gasteiger partial charge in [-0.15, -0.1) is 0 Å². The molecule has 0 radical (unpaired) electrons. The molecule has 4 heteroatoms. The molecule has 2 rings (SSSR count). The molecule has 1 saturated carbocycles. The first kappa shape index (κ1) is 14.0. The number of pyridine rings is 1. The first-order valence-electron chi connectivity index (χ1n) is 6.73. The summed E-state index contributed by atoms with van der Waals surface area (Å²) < 4.78 is 0.856. The molecule has 1 aliphatic carbocycles. The number of rotatable bonds is 4. The van der Waals surface area contributed by atoms with Crippen LogP contribution in [0.2, 0.25) is 0 Å². The average molecular weight is 313 g/mol. The van der Waals surface area contributed by atoms with Gasteiger partial charge in [0.05, 0.1) is 11.3 Å². The highest BCUT2D eigenvalue weighted by Gasteiger charge is 2.27. The van der Waals surface area contributed by atoms with Crippen LogP contribution in [0.1, 0.15) is 44.2 Å². The minimum absolute atomic E-state index is 0.511. The van der Waals surface area contributed by atoms with Crippen molar-refractivity contribution in [2.24, 2.45) is 0 Å². The van der Waals surface area contributed by atoms with Gasteiger partial charge in [0.15, 0.2) is 0 Å². The normalized spacial score (nSPS) is 19.4. The molecule has 1 aromatic rings. The molecule has 0 amide bonds. The summed E-state index contributed by atoms with van der Waals surface area (Å²) in [7, 11) is 0. The summed E-state index contributed by atoms with van der Waals surface area (Å²) in [6.07, 6.45) is 6.66. The zero-order chi connectivity index (χ0) is 12.8. The second-order valence-electron chi connectivity index (χ2n) is 5.19. The van der Waals surface area contributed by atoms with Crippen LogP contribution in [0.4, 0.5) is 0 Å². The minimum Gasteiger partial charge on any atom is -0.389 e. The SMILES string of the molecule is OC1(CNCc2cccc(Br)n2)CCCCCC1. The Morgan fingerprint density at radius 1 is 1.22 bits per heavy atom. The van der Waals surface area contributed by atoms with Crippen LogP contribution in [-0.4, -0.2) is 22.2 Å². The van der Waals surface area contributed by atoms with Crippen molar-refractivity contribution in [2.45, 2.75) is 50.7 Å². The molecule has 3 nitrogen and oxygen atoms in total. The molecule has 0 aromatic carbocycles. The van der Waals surface area contributed by atoms with Gasteiger partial charge in [-0.05, 0) is 40.9 Å². The van der Waals surface area contributed by atoms with E-state index in [-0.39, 0.29) is 0 Å². The van der Waals surface area contributed by atoms with E-state index in [1.807, 2.05) is 18.2 Å². The van der Waals surface area contributed by atoms with E-state index in [4.69, 9.17) is 0 Å². The lowest BCUT2D eigenvalue weighted by molar-refractivity contribution is 0.0250. The van der Waals surface area contributed by atoms with E-state index in [2.05, 4.69) is 26.2 Å². The van der Waals surface area contributed by atoms with Crippen LogP contribution in [0.3, 0.4) is 0 Å². The fraction of sp³-hybridized carbons (Fsp3) is 0.643. The summed E-state index contributed by atoms with van der Waals surface area (Å²) in [6.45, 7) is 1.38. The molecule has 1 aliphatic rings. The van der Waals surface area contributed by atoms with E-state index in [1.165, 1.54) is 12.8 Å². The molecule has 2 N–H and O–H groups in total. The Bertz CT molecular complexity index is 376. The van der Waals surface area contributed by atoms with Crippen molar-refractivity contribution in [3.8, 4) is 0 Å². The van der Waals surface area contributed by atoms with E-state index in [1.54, 1.807) is 0 Å². The number of hydrogen-bond acceptors (Lipinski definition) is 3. The molecule has 1 fully saturated rings. The molecule has 0 aliphatic heterocycles. The van der Waals surface area contributed by atoms with Crippen molar-refractivity contribution in [1.29, 1.82) is 0 Å². The van der Waals surface area contributed by atoms with Gasteiger partial charge in [-0.25, -0.2) is 4.98 Å². The monoisotopic (exact) mass is 312 g/mol. The van der Waals surface area contributed by atoms with Crippen LogP contribution in [-0.2, 0) is 6.54 Å². The molecule has 0 bridgehead atoms. The Hall–Kier alpha value is -0.450. The smallest absolute Gasteiger partial charge is 0.106 e. The summed E-state index contributed by atoms with van der Waals surface area (Å²) in [5.41, 5.74) is 0.490. The number of halogens is 1.